The average Bonchev–Trinajstić information content (AvgIpc) is 2.47. The van der Waals surface area contributed by atoms with Crippen molar-refractivity contribution in [3.05, 3.63) is 63.7 Å². The number of nitrogen functional groups attached to an aromatic ring is 1. The fraction of sp³-hybridized carbons (Fsp3) is 0.235. The van der Waals surface area contributed by atoms with Gasteiger partial charge >= 0.3 is 0 Å². The molecule has 0 aliphatic carbocycles. The van der Waals surface area contributed by atoms with Gasteiger partial charge in [-0.3, -0.25) is 5.41 Å². The van der Waals surface area contributed by atoms with Crippen molar-refractivity contribution in [2.45, 2.75) is 26.9 Å². The Kier molecular flexibility index (Phi) is 4.86. The second kappa shape index (κ2) is 6.64. The van der Waals surface area contributed by atoms with E-state index in [1.807, 2.05) is 43.3 Å². The lowest BCUT2D eigenvalue weighted by atomic mass is 10.1. The highest BCUT2D eigenvalue weighted by atomic mass is 35.5. The highest BCUT2D eigenvalue weighted by Gasteiger charge is 2.05. The van der Waals surface area contributed by atoms with Crippen LogP contribution in [0.1, 0.15) is 29.2 Å². The van der Waals surface area contributed by atoms with Crippen LogP contribution in [0.4, 0.5) is 0 Å². The summed E-state index contributed by atoms with van der Waals surface area (Å²) in [5, 5.41) is 8.21. The van der Waals surface area contributed by atoms with Gasteiger partial charge in [0.25, 0.3) is 0 Å². The third-order valence-corrected chi connectivity index (χ3v) is 3.81. The summed E-state index contributed by atoms with van der Waals surface area (Å²) in [6.07, 6.45) is 0.877. The maximum absolute atomic E-state index is 7.44. The second-order valence-electron chi connectivity index (χ2n) is 4.95. The standard InChI is InChI=1S/C17H19ClN2O/c1-3-12-9-15(6-7-16(12)18)21-10-14-5-4-13(17(19)20)8-11(14)2/h4-9H,3,10H2,1-2H3,(H3,19,20). The molecule has 2 aromatic rings. The normalized spacial score (nSPS) is 10.4. The van der Waals surface area contributed by atoms with E-state index in [2.05, 4.69) is 6.92 Å². The van der Waals surface area contributed by atoms with E-state index in [1.165, 1.54) is 0 Å². The third-order valence-electron chi connectivity index (χ3n) is 3.45. The van der Waals surface area contributed by atoms with Gasteiger partial charge in [-0.2, -0.15) is 0 Å². The molecule has 0 saturated heterocycles. The number of amidine groups is 1. The Bertz CT molecular complexity index is 668. The third kappa shape index (κ3) is 3.76. The minimum absolute atomic E-state index is 0.0795. The van der Waals surface area contributed by atoms with Crippen molar-refractivity contribution in [2.75, 3.05) is 0 Å². The topological polar surface area (TPSA) is 59.1 Å². The molecule has 0 spiro atoms. The zero-order valence-electron chi connectivity index (χ0n) is 12.2. The Morgan fingerprint density at radius 2 is 1.95 bits per heavy atom. The van der Waals surface area contributed by atoms with Crippen LogP contribution in [0.25, 0.3) is 0 Å². The van der Waals surface area contributed by atoms with E-state index >= 15 is 0 Å². The molecule has 2 aromatic carbocycles. The molecular weight excluding hydrogens is 284 g/mol. The first kappa shape index (κ1) is 15.4. The van der Waals surface area contributed by atoms with Crippen LogP contribution >= 0.6 is 11.6 Å². The molecule has 0 heterocycles. The SMILES string of the molecule is CCc1cc(OCc2ccc(C(=N)N)cc2C)ccc1Cl. The monoisotopic (exact) mass is 302 g/mol. The molecule has 3 N–H and O–H groups in total. The summed E-state index contributed by atoms with van der Waals surface area (Å²) in [6, 6.07) is 11.4. The van der Waals surface area contributed by atoms with Gasteiger partial charge in [0.05, 0.1) is 0 Å². The van der Waals surface area contributed by atoms with Crippen LogP contribution in [0.2, 0.25) is 5.02 Å². The molecule has 0 aliphatic heterocycles. The summed E-state index contributed by atoms with van der Waals surface area (Å²) in [5.41, 5.74) is 9.44. The van der Waals surface area contributed by atoms with E-state index in [9.17, 15) is 0 Å². The Morgan fingerprint density at radius 1 is 1.19 bits per heavy atom. The Labute approximate surface area is 130 Å². The summed E-state index contributed by atoms with van der Waals surface area (Å²) >= 11 is 6.10. The maximum atomic E-state index is 7.44. The quantitative estimate of drug-likeness (QED) is 0.646. The predicted molar refractivity (Wildman–Crippen MR) is 87.4 cm³/mol. The van der Waals surface area contributed by atoms with Gasteiger partial charge in [0.2, 0.25) is 0 Å². The van der Waals surface area contributed by atoms with Crippen LogP contribution in [0, 0.1) is 12.3 Å². The maximum Gasteiger partial charge on any atom is 0.122 e. The molecule has 110 valence electrons. The summed E-state index contributed by atoms with van der Waals surface area (Å²) in [6.45, 7) is 4.54. The first-order valence-corrected chi connectivity index (χ1v) is 7.24. The number of rotatable bonds is 5. The Balaban J connectivity index is 2.11. The van der Waals surface area contributed by atoms with Crippen LogP contribution in [0.15, 0.2) is 36.4 Å². The lowest BCUT2D eigenvalue weighted by Crippen LogP contribution is -2.11. The van der Waals surface area contributed by atoms with Crippen molar-refractivity contribution in [1.29, 1.82) is 5.41 Å². The predicted octanol–water partition coefficient (Wildman–Crippen LogP) is 4.07. The van der Waals surface area contributed by atoms with Crippen molar-refractivity contribution in [3.63, 3.8) is 0 Å². The van der Waals surface area contributed by atoms with Gasteiger partial charge in [0, 0.05) is 10.6 Å². The Hall–Kier alpha value is -2.00. The molecule has 21 heavy (non-hydrogen) atoms. The number of halogens is 1. The van der Waals surface area contributed by atoms with Crippen molar-refractivity contribution in [1.82, 2.24) is 0 Å². The molecule has 4 heteroatoms. The van der Waals surface area contributed by atoms with Crippen LogP contribution in [0.3, 0.4) is 0 Å². The molecule has 0 aromatic heterocycles. The van der Waals surface area contributed by atoms with Gasteiger partial charge in [-0.1, -0.05) is 30.7 Å². The van der Waals surface area contributed by atoms with Gasteiger partial charge in [-0.05, 0) is 54.3 Å². The van der Waals surface area contributed by atoms with Crippen molar-refractivity contribution >= 4 is 17.4 Å². The number of nitrogens with two attached hydrogens (primary N) is 1. The summed E-state index contributed by atoms with van der Waals surface area (Å²) in [7, 11) is 0. The minimum atomic E-state index is 0.0795. The molecule has 0 bridgehead atoms. The fourth-order valence-electron chi connectivity index (χ4n) is 2.10. The molecule has 2 rings (SSSR count). The summed E-state index contributed by atoms with van der Waals surface area (Å²) < 4.78 is 5.83. The largest absolute Gasteiger partial charge is 0.489 e. The van der Waals surface area contributed by atoms with Crippen molar-refractivity contribution < 1.29 is 4.74 Å². The number of hydrogen-bond donors (Lipinski definition) is 2. The highest BCUT2D eigenvalue weighted by Crippen LogP contribution is 2.23. The van der Waals surface area contributed by atoms with Crippen LogP contribution < -0.4 is 10.5 Å². The Morgan fingerprint density at radius 3 is 2.57 bits per heavy atom. The molecular formula is C17H19ClN2O. The van der Waals surface area contributed by atoms with Crippen LogP contribution in [-0.2, 0) is 13.0 Å². The van der Waals surface area contributed by atoms with E-state index in [0.29, 0.717) is 6.61 Å². The van der Waals surface area contributed by atoms with E-state index in [-0.39, 0.29) is 5.84 Å². The average molecular weight is 303 g/mol. The number of hydrogen-bond acceptors (Lipinski definition) is 2. The smallest absolute Gasteiger partial charge is 0.122 e. The fourth-order valence-corrected chi connectivity index (χ4v) is 2.35. The number of aryl methyl sites for hydroxylation is 2. The number of benzene rings is 2. The molecule has 0 unspecified atom stereocenters. The van der Waals surface area contributed by atoms with Gasteiger partial charge in [-0.25, -0.2) is 0 Å². The van der Waals surface area contributed by atoms with Gasteiger partial charge in [0.1, 0.15) is 18.2 Å². The van der Waals surface area contributed by atoms with Gasteiger partial charge < -0.3 is 10.5 Å². The molecule has 0 saturated carbocycles. The molecule has 0 amide bonds. The lowest BCUT2D eigenvalue weighted by Gasteiger charge is -2.11. The lowest BCUT2D eigenvalue weighted by molar-refractivity contribution is 0.305. The molecule has 3 nitrogen and oxygen atoms in total. The first-order valence-electron chi connectivity index (χ1n) is 6.86. The van der Waals surface area contributed by atoms with Gasteiger partial charge in [0.15, 0.2) is 0 Å². The van der Waals surface area contributed by atoms with Crippen molar-refractivity contribution in [3.8, 4) is 5.75 Å². The van der Waals surface area contributed by atoms with Crippen LogP contribution in [0.5, 0.6) is 5.75 Å². The summed E-state index contributed by atoms with van der Waals surface area (Å²) in [5.74, 6) is 0.891. The minimum Gasteiger partial charge on any atom is -0.489 e. The van der Waals surface area contributed by atoms with E-state index < -0.39 is 0 Å². The van der Waals surface area contributed by atoms with E-state index in [1.54, 1.807) is 0 Å². The van der Waals surface area contributed by atoms with Gasteiger partial charge in [-0.15, -0.1) is 0 Å². The zero-order chi connectivity index (χ0) is 15.4. The van der Waals surface area contributed by atoms with E-state index in [0.717, 1.165) is 39.4 Å². The molecule has 0 atom stereocenters. The number of ether oxygens (including phenoxy) is 1. The first-order chi connectivity index (χ1) is 10.0. The number of nitrogens with one attached hydrogen (secondary N) is 1. The molecule has 0 radical (unpaired) electrons. The van der Waals surface area contributed by atoms with Crippen molar-refractivity contribution in [2.24, 2.45) is 5.73 Å². The highest BCUT2D eigenvalue weighted by molar-refractivity contribution is 6.31. The zero-order valence-corrected chi connectivity index (χ0v) is 13.0. The van der Waals surface area contributed by atoms with E-state index in [4.69, 9.17) is 27.5 Å². The van der Waals surface area contributed by atoms with Crippen LogP contribution in [-0.4, -0.2) is 5.84 Å². The summed E-state index contributed by atoms with van der Waals surface area (Å²) in [4.78, 5) is 0. The molecule has 0 fully saturated rings. The molecule has 0 aliphatic rings. The second-order valence-corrected chi connectivity index (χ2v) is 5.36.